The van der Waals surface area contributed by atoms with Crippen molar-refractivity contribution in [3.8, 4) is 0 Å². The summed E-state index contributed by atoms with van der Waals surface area (Å²) in [5.74, 6) is -1.42. The van der Waals surface area contributed by atoms with E-state index < -0.39 is 18.0 Å². The van der Waals surface area contributed by atoms with Gasteiger partial charge in [0.15, 0.2) is 5.78 Å². The van der Waals surface area contributed by atoms with Crippen molar-refractivity contribution in [1.29, 1.82) is 0 Å². The van der Waals surface area contributed by atoms with Crippen LogP contribution >= 0.6 is 15.9 Å². The molecule has 0 spiro atoms. The van der Waals surface area contributed by atoms with Crippen LogP contribution in [0.1, 0.15) is 27.4 Å². The van der Waals surface area contributed by atoms with Gasteiger partial charge < -0.3 is 10.2 Å². The highest BCUT2D eigenvalue weighted by atomic mass is 79.9. The van der Waals surface area contributed by atoms with E-state index in [-0.39, 0.29) is 17.7 Å². The van der Waals surface area contributed by atoms with E-state index in [1.54, 1.807) is 11.9 Å². The number of halogens is 1. The number of amides is 3. The van der Waals surface area contributed by atoms with Gasteiger partial charge in [-0.1, -0.05) is 52.3 Å². The molecule has 1 fully saturated rings. The third-order valence-electron chi connectivity index (χ3n) is 6.09. The van der Waals surface area contributed by atoms with Crippen LogP contribution in [0.2, 0.25) is 0 Å². The van der Waals surface area contributed by atoms with E-state index in [1.165, 1.54) is 7.05 Å². The summed E-state index contributed by atoms with van der Waals surface area (Å²) in [5, 5.41) is 3.35. The minimum atomic E-state index is -0.603. The molecular formula is C22H18BrN3O3. The normalized spacial score (nSPS) is 25.6. The molecule has 5 rings (SSSR count). The zero-order valence-corrected chi connectivity index (χ0v) is 17.4. The lowest BCUT2D eigenvalue weighted by Crippen LogP contribution is -2.66. The summed E-state index contributed by atoms with van der Waals surface area (Å²) in [6, 6.07) is 14.8. The van der Waals surface area contributed by atoms with Crippen LogP contribution in [0, 0.1) is 5.92 Å². The van der Waals surface area contributed by atoms with E-state index in [2.05, 4.69) is 21.2 Å². The number of imide groups is 1. The molecule has 0 radical (unpaired) electrons. The first-order valence-electron chi connectivity index (χ1n) is 9.34. The van der Waals surface area contributed by atoms with E-state index in [9.17, 15) is 14.4 Å². The average Bonchev–Trinajstić information content (AvgIpc) is 3.01. The number of carbonyl (C=O) groups excluding carboxylic acids is 3. The third-order valence-corrected chi connectivity index (χ3v) is 6.58. The second-order valence-corrected chi connectivity index (χ2v) is 8.52. The number of rotatable bonds is 1. The Morgan fingerprint density at radius 1 is 0.966 bits per heavy atom. The maximum absolute atomic E-state index is 13.4. The number of benzene rings is 2. The lowest BCUT2D eigenvalue weighted by Gasteiger charge is -2.48. The Kier molecular flexibility index (Phi) is 3.93. The molecule has 3 unspecified atom stereocenters. The van der Waals surface area contributed by atoms with Gasteiger partial charge in [0.25, 0.3) is 0 Å². The van der Waals surface area contributed by atoms with Crippen LogP contribution in [-0.4, -0.2) is 47.8 Å². The van der Waals surface area contributed by atoms with Gasteiger partial charge in [0.05, 0.1) is 11.6 Å². The Morgan fingerprint density at radius 2 is 1.69 bits per heavy atom. The molecule has 3 amide bonds. The Hall–Kier alpha value is -2.93. The lowest BCUT2D eigenvalue weighted by molar-refractivity contribution is -0.138. The van der Waals surface area contributed by atoms with Gasteiger partial charge in [0.1, 0.15) is 6.17 Å². The Balaban J connectivity index is 1.77. The quantitative estimate of drug-likeness (QED) is 0.722. The highest BCUT2D eigenvalue weighted by molar-refractivity contribution is 9.10. The Morgan fingerprint density at radius 3 is 2.41 bits per heavy atom. The van der Waals surface area contributed by atoms with Crippen LogP contribution in [0.3, 0.4) is 0 Å². The molecule has 7 heteroatoms. The van der Waals surface area contributed by atoms with Crippen molar-refractivity contribution in [2.45, 2.75) is 12.1 Å². The van der Waals surface area contributed by atoms with Crippen LogP contribution in [-0.2, 0) is 4.79 Å². The molecule has 0 saturated carbocycles. The number of nitrogens with zero attached hydrogens (tertiary/aromatic N) is 2. The maximum atomic E-state index is 13.4. The zero-order valence-electron chi connectivity index (χ0n) is 15.8. The van der Waals surface area contributed by atoms with Crippen LogP contribution in [0.4, 0.5) is 4.79 Å². The number of fused-ring (bicyclic) bond motifs is 3. The molecule has 2 heterocycles. The summed E-state index contributed by atoms with van der Waals surface area (Å²) in [7, 11) is 3.17. The van der Waals surface area contributed by atoms with Crippen molar-refractivity contribution in [3.05, 3.63) is 75.3 Å². The number of ketones is 1. The van der Waals surface area contributed by atoms with Crippen molar-refractivity contribution in [2.75, 3.05) is 14.1 Å². The number of nitrogens with one attached hydrogen (secondary N) is 1. The largest absolute Gasteiger partial charge is 0.364 e. The summed E-state index contributed by atoms with van der Waals surface area (Å²) in [6.07, 6.45) is -0.534. The van der Waals surface area contributed by atoms with Crippen LogP contribution in [0.15, 0.2) is 58.6 Å². The first kappa shape index (κ1) is 18.1. The molecule has 2 aliphatic heterocycles. The van der Waals surface area contributed by atoms with Crippen molar-refractivity contribution in [1.82, 2.24) is 15.1 Å². The highest BCUT2D eigenvalue weighted by Gasteiger charge is 2.54. The predicted octanol–water partition coefficient (Wildman–Crippen LogP) is 3.21. The summed E-state index contributed by atoms with van der Waals surface area (Å²) < 4.78 is 0.872. The summed E-state index contributed by atoms with van der Waals surface area (Å²) in [5.41, 5.74) is 3.62. The summed E-state index contributed by atoms with van der Waals surface area (Å²) in [6.45, 7) is 0. The molecule has 0 bridgehead atoms. The number of hydrogen-bond donors (Lipinski definition) is 1. The van der Waals surface area contributed by atoms with Crippen molar-refractivity contribution in [3.63, 3.8) is 0 Å². The van der Waals surface area contributed by atoms with E-state index in [0.29, 0.717) is 16.8 Å². The van der Waals surface area contributed by atoms with Crippen LogP contribution < -0.4 is 5.32 Å². The molecule has 3 atom stereocenters. The molecule has 1 saturated heterocycles. The van der Waals surface area contributed by atoms with Crippen molar-refractivity contribution >= 4 is 39.3 Å². The minimum absolute atomic E-state index is 0.0680. The highest BCUT2D eigenvalue weighted by Crippen LogP contribution is 2.49. The Bertz CT molecular complexity index is 1130. The zero-order chi connectivity index (χ0) is 20.4. The fraction of sp³-hybridized carbons (Fsp3) is 0.227. The van der Waals surface area contributed by atoms with E-state index in [4.69, 9.17) is 0 Å². The van der Waals surface area contributed by atoms with Gasteiger partial charge in [-0.25, -0.2) is 4.79 Å². The Labute approximate surface area is 176 Å². The second kappa shape index (κ2) is 6.29. The molecule has 6 nitrogen and oxygen atoms in total. The predicted molar refractivity (Wildman–Crippen MR) is 111 cm³/mol. The van der Waals surface area contributed by atoms with E-state index >= 15 is 0 Å². The molecule has 1 aliphatic carbocycles. The van der Waals surface area contributed by atoms with E-state index in [1.807, 2.05) is 48.5 Å². The smallest absolute Gasteiger partial charge is 0.327 e. The molecule has 29 heavy (non-hydrogen) atoms. The first-order chi connectivity index (χ1) is 13.9. The van der Waals surface area contributed by atoms with Gasteiger partial charge in [-0.2, -0.15) is 0 Å². The fourth-order valence-electron chi connectivity index (χ4n) is 4.72. The second-order valence-electron chi connectivity index (χ2n) is 7.60. The molecule has 3 aliphatic rings. The number of hydrogen-bond acceptors (Lipinski definition) is 4. The fourth-order valence-corrected chi connectivity index (χ4v) is 5.13. The lowest BCUT2D eigenvalue weighted by atomic mass is 9.73. The molecule has 0 aromatic heterocycles. The standard InChI is InChI=1S/C22H18BrN3O3/c1-25-20-17(21(28)26(2)22(25)29)15(11-6-5-7-12(23)10-11)16-18(24-20)13-8-3-4-9-14(13)19(16)27/h3-10,15,17,20,24H,1-2H3. The van der Waals surface area contributed by atoms with Gasteiger partial charge in [-0.05, 0) is 17.7 Å². The van der Waals surface area contributed by atoms with Crippen molar-refractivity contribution < 1.29 is 14.4 Å². The van der Waals surface area contributed by atoms with Gasteiger partial charge in [-0.15, -0.1) is 0 Å². The number of Topliss-reactive ketones (excluding diaryl/α,β-unsaturated/α-hetero) is 1. The number of allylic oxidation sites excluding steroid dienone is 1. The van der Waals surface area contributed by atoms with Gasteiger partial charge in [0, 0.05) is 41.2 Å². The monoisotopic (exact) mass is 451 g/mol. The van der Waals surface area contributed by atoms with Gasteiger partial charge in [-0.3, -0.25) is 14.5 Å². The summed E-state index contributed by atoms with van der Waals surface area (Å²) >= 11 is 3.50. The minimum Gasteiger partial charge on any atom is -0.364 e. The SMILES string of the molecule is CN1C(=O)C2C(c3cccc(Br)c3)C3=C(NC2N(C)C1=O)c1ccccc1C3=O. The summed E-state index contributed by atoms with van der Waals surface area (Å²) in [4.78, 5) is 41.9. The van der Waals surface area contributed by atoms with Gasteiger partial charge in [0.2, 0.25) is 5.91 Å². The number of carbonyl (C=O) groups is 3. The van der Waals surface area contributed by atoms with E-state index in [0.717, 1.165) is 20.5 Å². The molecule has 2 aromatic carbocycles. The van der Waals surface area contributed by atoms with Crippen LogP contribution in [0.25, 0.3) is 5.70 Å². The molecular weight excluding hydrogens is 434 g/mol. The topological polar surface area (TPSA) is 69.7 Å². The van der Waals surface area contributed by atoms with Gasteiger partial charge >= 0.3 is 6.03 Å². The van der Waals surface area contributed by atoms with Crippen molar-refractivity contribution in [2.24, 2.45) is 5.92 Å². The van der Waals surface area contributed by atoms with Crippen LogP contribution in [0.5, 0.6) is 0 Å². The molecule has 146 valence electrons. The molecule has 1 N–H and O–H groups in total. The molecule has 2 aromatic rings. The maximum Gasteiger partial charge on any atom is 0.327 e. The first-order valence-corrected chi connectivity index (χ1v) is 10.1. The average molecular weight is 452 g/mol. The number of urea groups is 1. The third kappa shape index (κ3) is 2.43.